The van der Waals surface area contributed by atoms with Gasteiger partial charge in [0.05, 0.1) is 29.0 Å². The second-order valence-corrected chi connectivity index (χ2v) is 11.7. The van der Waals surface area contributed by atoms with E-state index >= 15 is 0 Å². The minimum absolute atomic E-state index is 0.0184. The van der Waals surface area contributed by atoms with Crippen LogP contribution < -0.4 is 14.8 Å². The van der Waals surface area contributed by atoms with Crippen LogP contribution in [0.1, 0.15) is 45.4 Å². The van der Waals surface area contributed by atoms with Crippen LogP contribution in [-0.2, 0) is 14.8 Å². The third kappa shape index (κ3) is 4.31. The number of halogens is 1. The number of ether oxygens (including phenoxy) is 1. The molecule has 2 saturated carbocycles. The molecule has 4 fully saturated rings. The largest absolute Gasteiger partial charge is 0.385 e. The molecular weight excluding hydrogens is 433 g/mol. The van der Waals surface area contributed by atoms with Crippen molar-refractivity contribution in [1.82, 2.24) is 24.6 Å². The number of sulfonamides is 1. The summed E-state index contributed by atoms with van der Waals surface area (Å²) in [4.78, 5) is 17.0. The fourth-order valence-electron chi connectivity index (χ4n) is 4.77. The first kappa shape index (κ1) is 22.5. The van der Waals surface area contributed by atoms with Crippen molar-refractivity contribution in [2.75, 3.05) is 26.9 Å². The SMILES string of the molecule is COCCCN1C(=O)N(C2NC(C)NS2)C2CC(S(=O)(=O)NC3(CF)CC3)CCC21. The van der Waals surface area contributed by atoms with Gasteiger partial charge in [0.2, 0.25) is 10.0 Å². The van der Waals surface area contributed by atoms with E-state index in [1.807, 2.05) is 16.7 Å². The summed E-state index contributed by atoms with van der Waals surface area (Å²) in [5, 5.41) is 2.73. The Morgan fingerprint density at radius 3 is 2.70 bits per heavy atom. The Hall–Kier alpha value is -0.660. The van der Waals surface area contributed by atoms with Crippen LogP contribution in [0.3, 0.4) is 0 Å². The zero-order valence-corrected chi connectivity index (χ0v) is 19.1. The average molecular weight is 466 g/mol. The molecular formula is C18H32FN5O4S2. The molecule has 0 aromatic carbocycles. The van der Waals surface area contributed by atoms with E-state index in [1.54, 1.807) is 7.11 Å². The smallest absolute Gasteiger partial charge is 0.322 e. The number of hydrogen-bond acceptors (Lipinski definition) is 7. The summed E-state index contributed by atoms with van der Waals surface area (Å²) < 4.78 is 50.3. The number of urea groups is 1. The highest BCUT2D eigenvalue weighted by molar-refractivity contribution is 7.98. The Kier molecular flexibility index (Phi) is 6.54. The standard InChI is InChI=1S/C18H32FN5O4S2/c1-12-20-16(29-21-12)24-15-10-13(30(26,27)22-18(11-19)6-7-18)4-5-14(15)23(17(24)25)8-3-9-28-2/h12-16,20-22H,3-11H2,1-2H3. The van der Waals surface area contributed by atoms with Gasteiger partial charge in [-0.2, -0.15) is 0 Å². The predicted molar refractivity (Wildman–Crippen MR) is 113 cm³/mol. The Balaban J connectivity index is 1.52. The molecule has 0 spiro atoms. The van der Waals surface area contributed by atoms with Gasteiger partial charge in [-0.25, -0.2) is 27.0 Å². The topological polar surface area (TPSA) is 103 Å². The van der Waals surface area contributed by atoms with Crippen molar-refractivity contribution in [2.45, 2.75) is 80.0 Å². The van der Waals surface area contributed by atoms with Crippen LogP contribution in [0, 0.1) is 0 Å². The summed E-state index contributed by atoms with van der Waals surface area (Å²) in [5.41, 5.74) is -1.14. The van der Waals surface area contributed by atoms with Crippen molar-refractivity contribution in [3.8, 4) is 0 Å². The predicted octanol–water partition coefficient (Wildman–Crippen LogP) is 0.942. The molecule has 12 heteroatoms. The number of rotatable bonds is 9. The van der Waals surface area contributed by atoms with Gasteiger partial charge in [0.1, 0.15) is 12.2 Å². The second kappa shape index (κ2) is 8.70. The first-order valence-corrected chi connectivity index (χ1v) is 13.1. The van der Waals surface area contributed by atoms with Crippen molar-refractivity contribution >= 4 is 28.0 Å². The summed E-state index contributed by atoms with van der Waals surface area (Å²) in [5.74, 6) is 0. The summed E-state index contributed by atoms with van der Waals surface area (Å²) in [7, 11) is -2.01. The monoisotopic (exact) mass is 465 g/mol. The highest BCUT2D eigenvalue weighted by Crippen LogP contribution is 2.41. The lowest BCUT2D eigenvalue weighted by Gasteiger charge is -2.37. The molecule has 4 rings (SSSR count). The fraction of sp³-hybridized carbons (Fsp3) is 0.944. The van der Waals surface area contributed by atoms with Gasteiger partial charge in [0.15, 0.2) is 0 Å². The minimum Gasteiger partial charge on any atom is -0.385 e. The van der Waals surface area contributed by atoms with Gasteiger partial charge in [-0.05, 0) is 57.4 Å². The molecule has 4 aliphatic rings. The molecule has 172 valence electrons. The third-order valence-corrected chi connectivity index (χ3v) is 9.71. The van der Waals surface area contributed by atoms with Crippen LogP contribution in [0.5, 0.6) is 0 Å². The zero-order valence-electron chi connectivity index (χ0n) is 17.5. The summed E-state index contributed by atoms with van der Waals surface area (Å²) in [6.07, 6.45) is 3.34. The van der Waals surface area contributed by atoms with E-state index in [-0.39, 0.29) is 29.8 Å². The van der Waals surface area contributed by atoms with Gasteiger partial charge in [-0.3, -0.25) is 10.2 Å². The molecule has 2 aliphatic heterocycles. The molecule has 2 heterocycles. The molecule has 2 amide bonds. The number of carbonyl (C=O) groups is 1. The van der Waals surface area contributed by atoms with Gasteiger partial charge in [-0.1, -0.05) is 0 Å². The number of carbonyl (C=O) groups excluding carboxylic acids is 1. The molecule has 9 nitrogen and oxygen atoms in total. The Morgan fingerprint density at radius 1 is 1.33 bits per heavy atom. The van der Waals surface area contributed by atoms with Crippen LogP contribution in [0.4, 0.5) is 9.18 Å². The number of amides is 2. The zero-order chi connectivity index (χ0) is 21.5. The Morgan fingerprint density at radius 2 is 2.10 bits per heavy atom. The van der Waals surface area contributed by atoms with Gasteiger partial charge in [-0.15, -0.1) is 0 Å². The first-order chi connectivity index (χ1) is 14.3. The van der Waals surface area contributed by atoms with E-state index in [0.717, 1.165) is 6.42 Å². The van der Waals surface area contributed by atoms with Gasteiger partial charge in [0, 0.05) is 20.3 Å². The molecule has 0 bridgehead atoms. The van der Waals surface area contributed by atoms with E-state index in [4.69, 9.17) is 4.74 Å². The number of nitrogens with zero attached hydrogens (tertiary/aromatic N) is 2. The molecule has 5 atom stereocenters. The Labute approximate surface area is 182 Å². The van der Waals surface area contributed by atoms with Gasteiger partial charge < -0.3 is 9.64 Å². The molecule has 2 saturated heterocycles. The first-order valence-electron chi connectivity index (χ1n) is 10.6. The van der Waals surface area contributed by atoms with Crippen molar-refractivity contribution in [1.29, 1.82) is 0 Å². The summed E-state index contributed by atoms with van der Waals surface area (Å²) in [6, 6.07) is -0.279. The molecule has 0 aromatic heterocycles. The van der Waals surface area contributed by atoms with Crippen LogP contribution >= 0.6 is 11.9 Å². The molecule has 2 aliphatic carbocycles. The second-order valence-electron chi connectivity index (χ2n) is 8.84. The number of alkyl halides is 1. The maximum Gasteiger partial charge on any atom is 0.322 e. The van der Waals surface area contributed by atoms with E-state index in [2.05, 4.69) is 14.8 Å². The fourth-order valence-corrected chi connectivity index (χ4v) is 7.73. The van der Waals surface area contributed by atoms with Crippen molar-refractivity contribution in [2.24, 2.45) is 0 Å². The molecule has 5 unspecified atom stereocenters. The quantitative estimate of drug-likeness (QED) is 0.344. The molecule has 3 N–H and O–H groups in total. The van der Waals surface area contributed by atoms with Crippen LogP contribution in [0.25, 0.3) is 0 Å². The van der Waals surface area contributed by atoms with Gasteiger partial charge >= 0.3 is 6.03 Å². The van der Waals surface area contributed by atoms with E-state index < -0.39 is 27.5 Å². The maximum absolute atomic E-state index is 13.3. The number of fused-ring (bicyclic) bond motifs is 1. The maximum atomic E-state index is 13.3. The van der Waals surface area contributed by atoms with E-state index in [0.29, 0.717) is 45.3 Å². The van der Waals surface area contributed by atoms with Crippen LogP contribution in [0.2, 0.25) is 0 Å². The number of nitrogens with one attached hydrogen (secondary N) is 3. The molecule has 0 aromatic rings. The summed E-state index contributed by atoms with van der Waals surface area (Å²) >= 11 is 1.45. The summed E-state index contributed by atoms with van der Waals surface area (Å²) in [6.45, 7) is 2.47. The normalized spacial score (nSPS) is 35.7. The van der Waals surface area contributed by atoms with E-state index in [9.17, 15) is 17.6 Å². The van der Waals surface area contributed by atoms with Crippen LogP contribution in [0.15, 0.2) is 0 Å². The highest BCUT2D eigenvalue weighted by atomic mass is 32.2. The van der Waals surface area contributed by atoms with E-state index in [1.165, 1.54) is 11.9 Å². The minimum atomic E-state index is -3.65. The third-order valence-electron chi connectivity index (χ3n) is 6.61. The molecule has 0 radical (unpaired) electrons. The number of methoxy groups -OCH3 is 1. The molecule has 30 heavy (non-hydrogen) atoms. The lowest BCUT2D eigenvalue weighted by Crippen LogP contribution is -2.53. The van der Waals surface area contributed by atoms with Crippen molar-refractivity contribution in [3.63, 3.8) is 0 Å². The highest BCUT2D eigenvalue weighted by Gasteiger charge is 2.55. The van der Waals surface area contributed by atoms with Crippen molar-refractivity contribution in [3.05, 3.63) is 0 Å². The van der Waals surface area contributed by atoms with Gasteiger partial charge in [0.25, 0.3) is 0 Å². The van der Waals surface area contributed by atoms with Crippen LogP contribution in [-0.4, -0.2) is 85.7 Å². The lowest BCUT2D eigenvalue weighted by atomic mass is 9.89. The Bertz CT molecular complexity index is 753. The number of hydrogen-bond donors (Lipinski definition) is 3. The lowest BCUT2D eigenvalue weighted by molar-refractivity contribution is 0.158. The average Bonchev–Trinajstić information content (AvgIpc) is 3.26. The van der Waals surface area contributed by atoms with Crippen molar-refractivity contribution < 1.29 is 22.3 Å².